The molecule has 12 aromatic carbocycles. The van der Waals surface area contributed by atoms with Gasteiger partial charge in [0.05, 0.1) is 17.1 Å². The zero-order valence-electron chi connectivity index (χ0n) is 46.9. The van der Waals surface area contributed by atoms with Gasteiger partial charge in [0.1, 0.15) is 0 Å². The van der Waals surface area contributed by atoms with E-state index >= 15 is 0 Å². The Morgan fingerprint density at radius 3 is 1.28 bits per heavy atom. The topological polar surface area (TPSA) is 28.2 Å². The first-order valence-electron chi connectivity index (χ1n) is 29.5. The predicted molar refractivity (Wildman–Crippen MR) is 353 cm³/mol. The number of para-hydroxylation sites is 9. The Morgan fingerprint density at radius 1 is 0.349 bits per heavy atom. The van der Waals surface area contributed by atoms with Crippen LogP contribution in [0, 0.1) is 6.90 Å². The fraction of sp³-hybridized carbons (Fsp3) is 0.0400. The molecule has 0 aromatic heterocycles. The second-order valence-electron chi connectivity index (χ2n) is 21.9. The minimum atomic E-state index is -0.167. The van der Waals surface area contributed by atoms with Crippen LogP contribution in [0.3, 0.4) is 0 Å². The highest BCUT2D eigenvalue weighted by Crippen LogP contribution is 2.51. The van der Waals surface area contributed by atoms with Crippen molar-refractivity contribution in [2.75, 3.05) is 29.8 Å². The third-order valence-electron chi connectivity index (χ3n) is 17.3. The van der Waals surface area contributed by atoms with Crippen molar-refractivity contribution in [3.63, 3.8) is 0 Å². The van der Waals surface area contributed by atoms with Gasteiger partial charge in [-0.05, 0) is 172 Å². The van der Waals surface area contributed by atoms with E-state index in [0.717, 1.165) is 109 Å². The molecule has 0 amide bonds. The van der Waals surface area contributed by atoms with Crippen molar-refractivity contribution >= 4 is 143 Å². The molecule has 4 aliphatic rings. The number of aryl methyl sites for hydroxylation is 2. The van der Waals surface area contributed by atoms with E-state index in [-0.39, 0.29) is 20.3 Å². The fourth-order valence-electron chi connectivity index (χ4n) is 13.9. The van der Waals surface area contributed by atoms with Gasteiger partial charge < -0.3 is 29.8 Å². The zero-order valence-corrected chi connectivity index (χ0v) is 45.9. The van der Waals surface area contributed by atoms with Gasteiger partial charge in [-0.25, -0.2) is 0 Å². The first-order chi connectivity index (χ1) is 41.6. The van der Waals surface area contributed by atoms with Crippen molar-refractivity contribution in [2.45, 2.75) is 20.2 Å². The van der Waals surface area contributed by atoms with Crippen LogP contribution in [0.15, 0.2) is 285 Å². The van der Waals surface area contributed by atoms with Gasteiger partial charge in [-0.15, -0.1) is 0 Å². The van der Waals surface area contributed by atoms with E-state index in [1.165, 1.54) is 38.3 Å². The van der Waals surface area contributed by atoms with Gasteiger partial charge in [0.25, 0.3) is 13.4 Å². The fourth-order valence-corrected chi connectivity index (χ4v) is 13.9. The summed E-state index contributed by atoms with van der Waals surface area (Å²) in [6, 6.07) is 104. The van der Waals surface area contributed by atoms with Gasteiger partial charge in [-0.2, -0.15) is 0 Å². The van der Waals surface area contributed by atoms with Gasteiger partial charge in [0.15, 0.2) is 0 Å². The lowest BCUT2D eigenvalue weighted by Crippen LogP contribution is -2.64. The summed E-state index contributed by atoms with van der Waals surface area (Å²) in [6.45, 7) is 2.08. The Morgan fingerprint density at radius 2 is 0.783 bits per heavy atom. The Balaban J connectivity index is 1.01. The maximum Gasteiger partial charge on any atom is 0.252 e. The largest absolute Gasteiger partial charge is 0.356 e. The lowest BCUT2D eigenvalue weighted by molar-refractivity contribution is 1.10. The van der Waals surface area contributed by atoms with E-state index in [1.807, 2.05) is 0 Å². The third kappa shape index (κ3) is 7.74. The SMILES string of the molecule is [2H]Cc1cccc(CC)c1N1c2cc3c(cc2B2c4ccccc4N(c4ccccc4)c4cc(N(c5ccccc5)c5ccccc5)cc1c42)B1c2ccccc2N(c2ccccc2)c2cc(N(c4ccccc4)c4ccccc4)cc(c21)N3. The number of nitrogens with one attached hydrogen (secondary N) is 1. The van der Waals surface area contributed by atoms with Crippen LogP contribution in [0.5, 0.6) is 0 Å². The molecule has 0 spiro atoms. The molecule has 0 unspecified atom stereocenters. The van der Waals surface area contributed by atoms with Crippen LogP contribution >= 0.6 is 0 Å². The lowest BCUT2D eigenvalue weighted by atomic mass is 9.30. The second kappa shape index (κ2) is 19.7. The number of hydrogen-bond donors (Lipinski definition) is 1. The summed E-state index contributed by atoms with van der Waals surface area (Å²) >= 11 is 0. The van der Waals surface area contributed by atoms with Crippen LogP contribution in [-0.2, 0) is 6.42 Å². The molecule has 16 rings (SSSR count). The van der Waals surface area contributed by atoms with Crippen LogP contribution in [-0.4, -0.2) is 13.4 Å². The van der Waals surface area contributed by atoms with Gasteiger partial charge in [0.2, 0.25) is 0 Å². The molecular weight excluding hydrogens is 1010 g/mol. The first kappa shape index (κ1) is 47.4. The summed E-state index contributed by atoms with van der Waals surface area (Å²) in [4.78, 5) is 12.3. The quantitative estimate of drug-likeness (QED) is 0.137. The molecule has 392 valence electrons. The van der Waals surface area contributed by atoms with Gasteiger partial charge >= 0.3 is 0 Å². The summed E-state index contributed by atoms with van der Waals surface area (Å²) < 4.78 is 9.32. The molecule has 83 heavy (non-hydrogen) atoms. The highest BCUT2D eigenvalue weighted by Gasteiger charge is 2.48. The molecule has 0 saturated carbocycles. The highest BCUT2D eigenvalue weighted by molar-refractivity contribution is 7.03. The Bertz CT molecular complexity index is 4380. The molecule has 0 radical (unpaired) electrons. The number of hydrogen-bond acceptors (Lipinski definition) is 6. The molecule has 0 bridgehead atoms. The summed E-state index contributed by atoms with van der Waals surface area (Å²) in [7, 11) is 0. The number of anilines is 17. The molecule has 0 fully saturated rings. The molecule has 1 N–H and O–H groups in total. The van der Waals surface area contributed by atoms with Crippen molar-refractivity contribution < 1.29 is 1.37 Å². The molecule has 12 aromatic rings. The van der Waals surface area contributed by atoms with E-state index in [2.05, 4.69) is 322 Å². The molecular formula is C75H56B2N6. The lowest BCUT2D eigenvalue weighted by Gasteiger charge is -2.46. The maximum atomic E-state index is 9.32. The van der Waals surface area contributed by atoms with E-state index in [0.29, 0.717) is 0 Å². The van der Waals surface area contributed by atoms with E-state index in [9.17, 15) is 1.37 Å². The van der Waals surface area contributed by atoms with E-state index < -0.39 is 0 Å². The average molecular weight is 1060 g/mol. The number of rotatable bonds is 10. The second-order valence-corrected chi connectivity index (χ2v) is 21.9. The van der Waals surface area contributed by atoms with E-state index in [1.54, 1.807) is 0 Å². The highest BCUT2D eigenvalue weighted by atomic mass is 15.2. The smallest absolute Gasteiger partial charge is 0.252 e. The monoisotopic (exact) mass is 1060 g/mol. The zero-order chi connectivity index (χ0) is 55.8. The molecule has 0 atom stereocenters. The van der Waals surface area contributed by atoms with Crippen LogP contribution in [0.25, 0.3) is 0 Å². The summed E-state index contributed by atoms with van der Waals surface area (Å²) in [5.74, 6) is 0. The molecule has 0 aliphatic carbocycles. The Hall–Kier alpha value is -10.4. The summed E-state index contributed by atoms with van der Waals surface area (Å²) in [5, 5.41) is 4.23. The van der Waals surface area contributed by atoms with Crippen LogP contribution in [0.1, 0.15) is 19.4 Å². The van der Waals surface area contributed by atoms with Crippen molar-refractivity contribution in [1.29, 1.82) is 0 Å². The number of fused-ring (bicyclic) bond motifs is 8. The van der Waals surface area contributed by atoms with Crippen molar-refractivity contribution in [2.24, 2.45) is 0 Å². The van der Waals surface area contributed by atoms with Gasteiger partial charge in [-0.1, -0.05) is 177 Å². The predicted octanol–water partition coefficient (Wildman–Crippen LogP) is 15.9. The third-order valence-corrected chi connectivity index (χ3v) is 17.3. The Labute approximate surface area is 488 Å². The van der Waals surface area contributed by atoms with Crippen molar-refractivity contribution in [3.8, 4) is 0 Å². The first-order valence-corrected chi connectivity index (χ1v) is 28.8. The van der Waals surface area contributed by atoms with Crippen molar-refractivity contribution in [3.05, 3.63) is 296 Å². The summed E-state index contributed by atoms with van der Waals surface area (Å²) in [5.41, 5.74) is 28.0. The number of benzene rings is 12. The van der Waals surface area contributed by atoms with Crippen LogP contribution < -0.4 is 62.6 Å². The average Bonchev–Trinajstić information content (AvgIpc) is 0.732. The Kier molecular flexibility index (Phi) is 11.2. The molecule has 0 saturated heterocycles. The standard InChI is InChI=1S/C75H56B2N6/c1-3-52-28-26-27-51(2)75(52)83-69-50-65-63(76-61-41-22-24-43-67(61)81(57-37-18-8-19-38-57)70-46-59(45-66(78-65)73(70)76)79(53-29-10-4-11-30-53)54-31-12-5-13-32-54)49-64(69)77-62-42-23-25-44-68(62)82(58-39-20-9-21-40-58)71-47-60(48-72(83)74(71)77)80(55-33-14-6-15-34-55)56-35-16-7-17-36-56/h4-50,78H,3H2,1-2H3/i2D. The van der Waals surface area contributed by atoms with Crippen LogP contribution in [0.4, 0.5) is 96.7 Å². The molecule has 8 heteroatoms. The molecule has 4 heterocycles. The summed E-state index contributed by atoms with van der Waals surface area (Å²) in [6.07, 6.45) is 0.789. The minimum Gasteiger partial charge on any atom is -0.356 e. The maximum absolute atomic E-state index is 9.32. The molecule has 4 aliphatic heterocycles. The minimum absolute atomic E-state index is 0.123. The molecule has 6 nitrogen and oxygen atoms in total. The normalized spacial score (nSPS) is 13.1. The van der Waals surface area contributed by atoms with Gasteiger partial charge in [-0.3, -0.25) is 0 Å². The van der Waals surface area contributed by atoms with Crippen LogP contribution in [0.2, 0.25) is 0 Å². The van der Waals surface area contributed by atoms with E-state index in [4.69, 9.17) is 0 Å². The number of nitrogens with zero attached hydrogens (tertiary/aromatic N) is 5. The van der Waals surface area contributed by atoms with Gasteiger partial charge in [0, 0.05) is 81.0 Å². The van der Waals surface area contributed by atoms with Crippen molar-refractivity contribution in [1.82, 2.24) is 0 Å².